The molecule has 0 unspecified atom stereocenters. The fraction of sp³-hybridized carbons (Fsp3) is 0.947. The van der Waals surface area contributed by atoms with E-state index in [9.17, 15) is 9.90 Å². The fourth-order valence-electron chi connectivity index (χ4n) is 5.14. The zero-order valence-electron chi connectivity index (χ0n) is 14.6. The summed E-state index contributed by atoms with van der Waals surface area (Å²) in [6, 6.07) is 0.729. The van der Waals surface area contributed by atoms with Gasteiger partial charge in [0.1, 0.15) is 0 Å². The normalized spacial score (nSPS) is 31.3. The molecular formula is C19H34N2O2. The van der Waals surface area contributed by atoms with Crippen molar-refractivity contribution in [2.45, 2.75) is 88.6 Å². The largest absolute Gasteiger partial charge is 0.394 e. The van der Waals surface area contributed by atoms with Gasteiger partial charge in [-0.05, 0) is 64.0 Å². The van der Waals surface area contributed by atoms with Crippen LogP contribution in [0, 0.1) is 5.92 Å². The molecule has 2 aliphatic heterocycles. The van der Waals surface area contributed by atoms with Crippen LogP contribution in [0.2, 0.25) is 0 Å². The molecule has 4 nitrogen and oxygen atoms in total. The maximum atomic E-state index is 12.4. The van der Waals surface area contributed by atoms with Crippen LogP contribution < -0.4 is 5.32 Å². The van der Waals surface area contributed by atoms with E-state index >= 15 is 0 Å². The number of nitrogens with one attached hydrogen (secondary N) is 1. The van der Waals surface area contributed by atoms with Gasteiger partial charge in [-0.1, -0.05) is 25.7 Å². The lowest BCUT2D eigenvalue weighted by Crippen LogP contribution is -2.53. The van der Waals surface area contributed by atoms with Crippen molar-refractivity contribution in [1.29, 1.82) is 0 Å². The number of carbonyl (C=O) groups is 1. The highest BCUT2D eigenvalue weighted by Gasteiger charge is 2.35. The van der Waals surface area contributed by atoms with E-state index in [1.165, 1.54) is 51.6 Å². The first-order valence-corrected chi connectivity index (χ1v) is 9.88. The highest BCUT2D eigenvalue weighted by Crippen LogP contribution is 2.34. The summed E-state index contributed by atoms with van der Waals surface area (Å²) in [5, 5.41) is 12.9. The summed E-state index contributed by atoms with van der Waals surface area (Å²) in [6.45, 7) is 2.63. The second-order valence-electron chi connectivity index (χ2n) is 8.09. The van der Waals surface area contributed by atoms with E-state index in [0.29, 0.717) is 12.3 Å². The van der Waals surface area contributed by atoms with Crippen molar-refractivity contribution in [1.82, 2.24) is 10.2 Å². The van der Waals surface area contributed by atoms with E-state index in [4.69, 9.17) is 0 Å². The molecule has 2 saturated heterocycles. The van der Waals surface area contributed by atoms with E-state index in [1.54, 1.807) is 0 Å². The number of amides is 1. The number of nitrogens with zero attached hydrogens (tertiary/aromatic N) is 1. The third-order valence-corrected chi connectivity index (χ3v) is 6.49. The molecule has 132 valence electrons. The van der Waals surface area contributed by atoms with Gasteiger partial charge in [0.15, 0.2) is 0 Å². The van der Waals surface area contributed by atoms with Gasteiger partial charge in [0.05, 0.1) is 12.1 Å². The number of aliphatic hydroxyl groups is 1. The molecule has 0 aromatic rings. The highest BCUT2D eigenvalue weighted by molar-refractivity contribution is 5.76. The maximum absolute atomic E-state index is 12.4. The lowest BCUT2D eigenvalue weighted by atomic mass is 9.80. The molecule has 2 atom stereocenters. The lowest BCUT2D eigenvalue weighted by Gasteiger charge is -2.44. The second kappa shape index (κ2) is 7.98. The highest BCUT2D eigenvalue weighted by atomic mass is 16.3. The summed E-state index contributed by atoms with van der Waals surface area (Å²) in [7, 11) is 0. The van der Waals surface area contributed by atoms with Crippen LogP contribution in [0.25, 0.3) is 0 Å². The molecule has 2 N–H and O–H groups in total. The predicted molar refractivity (Wildman–Crippen MR) is 92.2 cm³/mol. The van der Waals surface area contributed by atoms with Crippen LogP contribution in [0.1, 0.15) is 77.0 Å². The third kappa shape index (κ3) is 4.27. The van der Waals surface area contributed by atoms with Gasteiger partial charge in [-0.15, -0.1) is 0 Å². The zero-order valence-corrected chi connectivity index (χ0v) is 14.6. The molecule has 3 rings (SSSR count). The van der Waals surface area contributed by atoms with E-state index in [0.717, 1.165) is 38.1 Å². The summed E-state index contributed by atoms with van der Waals surface area (Å²) in [5.41, 5.74) is -0.321. The van der Waals surface area contributed by atoms with Gasteiger partial charge >= 0.3 is 0 Å². The van der Waals surface area contributed by atoms with Gasteiger partial charge < -0.3 is 15.3 Å². The lowest BCUT2D eigenvalue weighted by molar-refractivity contribution is -0.124. The minimum absolute atomic E-state index is 0.0958. The number of rotatable bonds is 5. The first-order valence-electron chi connectivity index (χ1n) is 9.88. The Kier molecular flexibility index (Phi) is 5.97. The first kappa shape index (κ1) is 17.2. The van der Waals surface area contributed by atoms with Crippen LogP contribution in [0.15, 0.2) is 0 Å². The van der Waals surface area contributed by atoms with E-state index < -0.39 is 0 Å². The maximum Gasteiger partial charge on any atom is 0.220 e. The molecule has 0 radical (unpaired) electrons. The van der Waals surface area contributed by atoms with Gasteiger partial charge in [-0.3, -0.25) is 4.79 Å². The quantitative estimate of drug-likeness (QED) is 0.818. The van der Waals surface area contributed by atoms with Crippen molar-refractivity contribution in [3.05, 3.63) is 0 Å². The zero-order chi connectivity index (χ0) is 16.1. The van der Waals surface area contributed by atoms with Gasteiger partial charge in [0, 0.05) is 12.5 Å². The van der Waals surface area contributed by atoms with Crippen LogP contribution >= 0.6 is 0 Å². The average Bonchev–Trinajstić information content (AvgIpc) is 2.60. The smallest absolute Gasteiger partial charge is 0.220 e. The van der Waals surface area contributed by atoms with Crippen LogP contribution in [0.4, 0.5) is 0 Å². The average molecular weight is 322 g/mol. The van der Waals surface area contributed by atoms with E-state index in [2.05, 4.69) is 10.2 Å². The van der Waals surface area contributed by atoms with Gasteiger partial charge in [0.25, 0.3) is 0 Å². The summed E-state index contributed by atoms with van der Waals surface area (Å²) in [5.74, 6) is 0.861. The van der Waals surface area contributed by atoms with Crippen LogP contribution in [-0.4, -0.2) is 47.2 Å². The Hall–Kier alpha value is -0.610. The molecule has 0 aromatic heterocycles. The molecular weight excluding hydrogens is 288 g/mol. The Morgan fingerprint density at radius 1 is 1.04 bits per heavy atom. The van der Waals surface area contributed by atoms with Crippen molar-refractivity contribution in [2.75, 3.05) is 19.7 Å². The number of hydrogen-bond acceptors (Lipinski definition) is 3. The topological polar surface area (TPSA) is 52.6 Å². The van der Waals surface area contributed by atoms with Crippen molar-refractivity contribution >= 4 is 5.91 Å². The number of aliphatic hydroxyl groups excluding tert-OH is 1. The minimum atomic E-state index is -0.321. The Morgan fingerprint density at radius 3 is 2.61 bits per heavy atom. The van der Waals surface area contributed by atoms with Gasteiger partial charge in [-0.25, -0.2) is 0 Å². The summed E-state index contributed by atoms with van der Waals surface area (Å²) in [4.78, 5) is 15.1. The molecule has 1 saturated carbocycles. The summed E-state index contributed by atoms with van der Waals surface area (Å²) < 4.78 is 0. The fourth-order valence-corrected chi connectivity index (χ4v) is 5.14. The Balaban J connectivity index is 1.48. The minimum Gasteiger partial charge on any atom is -0.394 e. The van der Waals surface area contributed by atoms with Crippen molar-refractivity contribution in [2.24, 2.45) is 5.92 Å². The van der Waals surface area contributed by atoms with Crippen LogP contribution in [-0.2, 0) is 4.79 Å². The van der Waals surface area contributed by atoms with Crippen molar-refractivity contribution in [3.63, 3.8) is 0 Å². The van der Waals surface area contributed by atoms with Crippen LogP contribution in [0.3, 0.4) is 0 Å². The predicted octanol–water partition coefficient (Wildman–Crippen LogP) is 2.84. The van der Waals surface area contributed by atoms with E-state index in [-0.39, 0.29) is 18.1 Å². The molecule has 0 bridgehead atoms. The van der Waals surface area contributed by atoms with Gasteiger partial charge in [-0.2, -0.15) is 0 Å². The molecule has 0 aromatic carbocycles. The number of fused-ring (bicyclic) bond motifs is 1. The Bertz CT molecular complexity index is 391. The SMILES string of the molecule is O=C(CC[C@@H]1CCCN2CCCC[C@H]12)NC1(CO)CCCCC1. The number of piperidine rings is 2. The van der Waals surface area contributed by atoms with Gasteiger partial charge in [0.2, 0.25) is 5.91 Å². The molecule has 3 fully saturated rings. The molecule has 0 spiro atoms. The van der Waals surface area contributed by atoms with Crippen molar-refractivity contribution in [3.8, 4) is 0 Å². The molecule has 1 amide bonds. The molecule has 2 heterocycles. The molecule has 23 heavy (non-hydrogen) atoms. The number of carbonyl (C=O) groups excluding carboxylic acids is 1. The Morgan fingerprint density at radius 2 is 1.83 bits per heavy atom. The monoisotopic (exact) mass is 322 g/mol. The second-order valence-corrected chi connectivity index (χ2v) is 8.09. The third-order valence-electron chi connectivity index (χ3n) is 6.49. The van der Waals surface area contributed by atoms with Crippen molar-refractivity contribution < 1.29 is 9.90 Å². The van der Waals surface area contributed by atoms with Crippen LogP contribution in [0.5, 0.6) is 0 Å². The summed E-state index contributed by atoms with van der Waals surface area (Å²) in [6.07, 6.45) is 13.6. The molecule has 4 heteroatoms. The Labute approximate surface area is 141 Å². The van der Waals surface area contributed by atoms with E-state index in [1.807, 2.05) is 0 Å². The summed E-state index contributed by atoms with van der Waals surface area (Å²) >= 11 is 0. The standard InChI is InChI=1S/C19H34N2O2/c22-15-19(11-3-1-4-12-19)20-18(23)10-9-16-7-6-14-21-13-5-2-8-17(16)21/h16-17,22H,1-15H2,(H,20,23)/t16-,17+/m0/s1. The first-order chi connectivity index (χ1) is 11.2. The molecule has 1 aliphatic carbocycles. The molecule has 3 aliphatic rings. The number of hydrogen-bond donors (Lipinski definition) is 2.